The van der Waals surface area contributed by atoms with Crippen LogP contribution in [0.15, 0.2) is 46.6 Å². The van der Waals surface area contributed by atoms with E-state index in [1.165, 1.54) is 55.6 Å². The lowest BCUT2D eigenvalue weighted by molar-refractivity contribution is 0.132. The highest BCUT2D eigenvalue weighted by atomic mass is 32.2. The van der Waals surface area contributed by atoms with Crippen molar-refractivity contribution >= 4 is 39.9 Å². The maximum atomic E-state index is 13.6. The molecule has 4 rings (SSSR count). The van der Waals surface area contributed by atoms with Crippen molar-refractivity contribution in [1.82, 2.24) is 10.3 Å². The molecular formula is C21H25FN4O2S2. The zero-order valence-electron chi connectivity index (χ0n) is 16.5. The molecule has 9 heteroatoms. The first-order valence-electron chi connectivity index (χ1n) is 10.2. The van der Waals surface area contributed by atoms with Gasteiger partial charge >= 0.3 is 6.03 Å². The van der Waals surface area contributed by atoms with E-state index in [2.05, 4.69) is 20.9 Å². The van der Waals surface area contributed by atoms with Crippen LogP contribution in [0, 0.1) is 11.7 Å². The van der Waals surface area contributed by atoms with Gasteiger partial charge in [0.25, 0.3) is 0 Å². The fourth-order valence-corrected chi connectivity index (χ4v) is 5.49. The van der Waals surface area contributed by atoms with E-state index >= 15 is 0 Å². The zero-order valence-corrected chi connectivity index (χ0v) is 18.2. The van der Waals surface area contributed by atoms with Crippen LogP contribution >= 0.6 is 23.1 Å². The number of anilines is 2. The van der Waals surface area contributed by atoms with Gasteiger partial charge in [-0.2, -0.15) is 0 Å². The number of hydrogen-bond donors (Lipinski definition) is 3. The molecule has 2 aromatic rings. The summed E-state index contributed by atoms with van der Waals surface area (Å²) in [5, 5.41) is 8.88. The summed E-state index contributed by atoms with van der Waals surface area (Å²) in [6, 6.07) is 5.50. The first-order valence-corrected chi connectivity index (χ1v) is 12.0. The second-order valence-electron chi connectivity index (χ2n) is 7.45. The number of carbonyl (C=O) groups excluding carboxylic acids is 1. The first kappa shape index (κ1) is 21.0. The third-order valence-electron chi connectivity index (χ3n) is 5.14. The van der Waals surface area contributed by atoms with Crippen LogP contribution in [-0.4, -0.2) is 23.0 Å². The summed E-state index contributed by atoms with van der Waals surface area (Å²) in [4.78, 5) is 16.3. The number of rotatable bonds is 7. The highest BCUT2D eigenvalue weighted by molar-refractivity contribution is 8.01. The van der Waals surface area contributed by atoms with Gasteiger partial charge in [-0.3, -0.25) is 5.32 Å². The van der Waals surface area contributed by atoms with E-state index in [0.29, 0.717) is 5.13 Å². The molecule has 30 heavy (non-hydrogen) atoms. The molecule has 1 aromatic carbocycles. The Morgan fingerprint density at radius 1 is 1.27 bits per heavy atom. The monoisotopic (exact) mass is 448 g/mol. The number of amides is 2. The summed E-state index contributed by atoms with van der Waals surface area (Å²) in [5.74, 6) is 2.07. The van der Waals surface area contributed by atoms with Crippen LogP contribution in [0.2, 0.25) is 0 Å². The van der Waals surface area contributed by atoms with Crippen molar-refractivity contribution < 1.29 is 13.9 Å². The standard InChI is InChI=1S/C21H25FN4O2S2/c22-16-8-4-5-9-17(16)25-20(27)26-21-24-12-19(30-21)29-13-18-23-11-15(28-18)10-14-6-2-1-3-7-14/h4-5,8-9,11-12,14,18,23H,1-3,6-7,10,13H2,(H2,24,25,26,27). The maximum Gasteiger partial charge on any atom is 0.325 e. The normalized spacial score (nSPS) is 19.0. The van der Waals surface area contributed by atoms with Crippen molar-refractivity contribution in [3.63, 3.8) is 0 Å². The highest BCUT2D eigenvalue weighted by Crippen LogP contribution is 2.32. The topological polar surface area (TPSA) is 75.3 Å². The highest BCUT2D eigenvalue weighted by Gasteiger charge is 2.22. The zero-order chi connectivity index (χ0) is 20.8. The van der Waals surface area contributed by atoms with E-state index in [1.807, 2.05) is 6.20 Å². The smallest absolute Gasteiger partial charge is 0.325 e. The minimum Gasteiger partial charge on any atom is -0.473 e. The Morgan fingerprint density at radius 2 is 2.10 bits per heavy atom. The lowest BCUT2D eigenvalue weighted by Crippen LogP contribution is -2.23. The van der Waals surface area contributed by atoms with Crippen molar-refractivity contribution in [3.05, 3.63) is 48.2 Å². The molecule has 2 aliphatic rings. The number of hydrogen-bond acceptors (Lipinski definition) is 6. The molecule has 0 radical (unpaired) electrons. The fourth-order valence-electron chi connectivity index (χ4n) is 3.66. The Balaban J connectivity index is 1.19. The lowest BCUT2D eigenvalue weighted by atomic mass is 9.86. The van der Waals surface area contributed by atoms with Crippen LogP contribution in [-0.2, 0) is 4.74 Å². The van der Waals surface area contributed by atoms with Crippen LogP contribution < -0.4 is 16.0 Å². The Labute approximate surface area is 183 Å². The van der Waals surface area contributed by atoms with Crippen LogP contribution in [0.4, 0.5) is 20.0 Å². The van der Waals surface area contributed by atoms with E-state index in [4.69, 9.17) is 4.74 Å². The predicted octanol–water partition coefficient (Wildman–Crippen LogP) is 5.78. The van der Waals surface area contributed by atoms with Crippen molar-refractivity contribution in [2.45, 2.75) is 49.0 Å². The Bertz CT molecular complexity index is 899. The number of thioether (sulfide) groups is 1. The summed E-state index contributed by atoms with van der Waals surface area (Å²) >= 11 is 3.00. The van der Waals surface area contributed by atoms with Gasteiger partial charge in [0.05, 0.1) is 21.8 Å². The minimum absolute atomic E-state index is 0.0449. The number of thiazole rings is 1. The van der Waals surface area contributed by atoms with Crippen LogP contribution in [0.3, 0.4) is 0 Å². The molecule has 1 fully saturated rings. The summed E-state index contributed by atoms with van der Waals surface area (Å²) in [6.45, 7) is 0. The largest absolute Gasteiger partial charge is 0.473 e. The van der Waals surface area contributed by atoms with Gasteiger partial charge in [0.1, 0.15) is 11.6 Å². The van der Waals surface area contributed by atoms with Crippen LogP contribution in [0.1, 0.15) is 38.5 Å². The minimum atomic E-state index is -0.525. The number of aromatic nitrogens is 1. The summed E-state index contributed by atoms with van der Waals surface area (Å²) in [6.07, 6.45) is 11.4. The Hall–Kier alpha value is -2.26. The SMILES string of the molecule is O=C(Nc1ncc(SCC2NC=C(CC3CCCCC3)O2)s1)Nc1ccccc1F. The second kappa shape index (κ2) is 10.2. The fraction of sp³-hybridized carbons (Fsp3) is 0.429. The number of allylic oxidation sites excluding steroid dienone is 1. The average Bonchev–Trinajstić information content (AvgIpc) is 3.38. The Morgan fingerprint density at radius 3 is 2.93 bits per heavy atom. The molecule has 6 nitrogen and oxygen atoms in total. The quantitative estimate of drug-likeness (QED) is 0.469. The number of nitrogens with one attached hydrogen (secondary N) is 3. The molecule has 1 saturated carbocycles. The predicted molar refractivity (Wildman–Crippen MR) is 119 cm³/mol. The van der Waals surface area contributed by atoms with Gasteiger partial charge in [0.2, 0.25) is 0 Å². The third kappa shape index (κ3) is 5.89. The molecule has 1 atom stereocenters. The van der Waals surface area contributed by atoms with Gasteiger partial charge in [-0.15, -0.1) is 11.8 Å². The van der Waals surface area contributed by atoms with Crippen LogP contribution in [0.25, 0.3) is 0 Å². The van der Waals surface area contributed by atoms with Crippen LogP contribution in [0.5, 0.6) is 0 Å². The summed E-state index contributed by atoms with van der Waals surface area (Å²) in [7, 11) is 0. The number of urea groups is 1. The van der Waals surface area contributed by atoms with E-state index in [0.717, 1.165) is 28.1 Å². The molecule has 0 spiro atoms. The molecule has 2 heterocycles. The van der Waals surface area contributed by atoms with Gasteiger partial charge in [-0.1, -0.05) is 55.6 Å². The van der Waals surface area contributed by atoms with E-state index in [9.17, 15) is 9.18 Å². The number of halogens is 1. The van der Waals surface area contributed by atoms with E-state index in [-0.39, 0.29) is 11.9 Å². The van der Waals surface area contributed by atoms with Crippen molar-refractivity contribution in [2.75, 3.05) is 16.4 Å². The summed E-state index contributed by atoms with van der Waals surface area (Å²) < 4.78 is 20.6. The lowest BCUT2D eigenvalue weighted by Gasteiger charge is -2.22. The molecule has 0 bridgehead atoms. The molecule has 1 aliphatic heterocycles. The second-order valence-corrected chi connectivity index (χ2v) is 9.80. The van der Waals surface area contributed by atoms with Gasteiger partial charge in [-0.25, -0.2) is 14.2 Å². The average molecular weight is 449 g/mol. The molecule has 1 aliphatic carbocycles. The molecule has 1 aromatic heterocycles. The number of ether oxygens (including phenoxy) is 1. The molecule has 1 unspecified atom stereocenters. The number of benzene rings is 1. The molecule has 2 amide bonds. The van der Waals surface area contributed by atoms with Gasteiger partial charge in [-0.05, 0) is 18.1 Å². The molecular weight excluding hydrogens is 423 g/mol. The number of nitrogens with zero attached hydrogens (tertiary/aromatic N) is 1. The van der Waals surface area contributed by atoms with Gasteiger partial charge in [0, 0.05) is 12.6 Å². The van der Waals surface area contributed by atoms with Gasteiger partial charge < -0.3 is 15.4 Å². The molecule has 0 saturated heterocycles. The van der Waals surface area contributed by atoms with E-state index in [1.54, 1.807) is 30.1 Å². The van der Waals surface area contributed by atoms with Crippen molar-refractivity contribution in [3.8, 4) is 0 Å². The third-order valence-corrected chi connectivity index (χ3v) is 7.31. The van der Waals surface area contributed by atoms with Gasteiger partial charge in [0.15, 0.2) is 11.4 Å². The van der Waals surface area contributed by atoms with E-state index < -0.39 is 11.8 Å². The Kier molecular flexibility index (Phi) is 7.11. The summed E-state index contributed by atoms with van der Waals surface area (Å²) in [5.41, 5.74) is 0.127. The first-order chi connectivity index (χ1) is 14.7. The number of para-hydroxylation sites is 1. The van der Waals surface area contributed by atoms with Crippen molar-refractivity contribution in [1.29, 1.82) is 0 Å². The number of carbonyl (C=O) groups is 1. The molecule has 160 valence electrons. The molecule has 3 N–H and O–H groups in total. The maximum absolute atomic E-state index is 13.6. The van der Waals surface area contributed by atoms with Crippen molar-refractivity contribution in [2.24, 2.45) is 5.92 Å².